The third kappa shape index (κ3) is 3.13. The van der Waals surface area contributed by atoms with Gasteiger partial charge in [-0.15, -0.1) is 0 Å². The van der Waals surface area contributed by atoms with Crippen molar-refractivity contribution in [3.05, 3.63) is 51.5 Å². The standard InChI is InChI=1S/C14H10Cl2O6S/c1-22-13-10(16)12(18)8(9(15)14(13)23(19,20)21)11(17)7-5-3-2-4-6-7/h2-6,18H,1H3,(H,19,20,21). The van der Waals surface area contributed by atoms with Gasteiger partial charge in [0.15, 0.2) is 22.2 Å². The Balaban J connectivity index is 2.86. The molecule has 0 bridgehead atoms. The Labute approximate surface area is 142 Å². The number of ketones is 1. The molecule has 0 atom stereocenters. The van der Waals surface area contributed by atoms with E-state index in [1.54, 1.807) is 18.2 Å². The molecule has 0 saturated heterocycles. The zero-order chi connectivity index (χ0) is 17.4. The molecule has 0 saturated carbocycles. The number of hydrogen-bond acceptors (Lipinski definition) is 5. The van der Waals surface area contributed by atoms with E-state index in [9.17, 15) is 22.9 Å². The minimum Gasteiger partial charge on any atom is -0.505 e. The monoisotopic (exact) mass is 376 g/mol. The van der Waals surface area contributed by atoms with Gasteiger partial charge < -0.3 is 9.84 Å². The fraction of sp³-hybridized carbons (Fsp3) is 0.0714. The number of carbonyl (C=O) groups excluding carboxylic acids is 1. The first-order chi connectivity index (χ1) is 10.7. The summed E-state index contributed by atoms with van der Waals surface area (Å²) in [6.07, 6.45) is 0. The van der Waals surface area contributed by atoms with E-state index in [0.717, 1.165) is 7.11 Å². The predicted molar refractivity (Wildman–Crippen MR) is 84.4 cm³/mol. The molecule has 0 spiro atoms. The van der Waals surface area contributed by atoms with E-state index < -0.39 is 47.9 Å². The molecule has 2 aromatic carbocycles. The summed E-state index contributed by atoms with van der Waals surface area (Å²) >= 11 is 11.8. The lowest BCUT2D eigenvalue weighted by molar-refractivity contribution is 0.103. The lowest BCUT2D eigenvalue weighted by atomic mass is 10.0. The van der Waals surface area contributed by atoms with Gasteiger partial charge in [-0.05, 0) is 0 Å². The molecule has 0 fully saturated rings. The van der Waals surface area contributed by atoms with Gasteiger partial charge >= 0.3 is 0 Å². The van der Waals surface area contributed by atoms with E-state index in [1.165, 1.54) is 12.1 Å². The highest BCUT2D eigenvalue weighted by Gasteiger charge is 2.32. The van der Waals surface area contributed by atoms with E-state index >= 15 is 0 Å². The van der Waals surface area contributed by atoms with Crippen LogP contribution in [0.2, 0.25) is 10.0 Å². The van der Waals surface area contributed by atoms with Crippen LogP contribution < -0.4 is 4.74 Å². The van der Waals surface area contributed by atoms with Crippen LogP contribution in [0.4, 0.5) is 0 Å². The summed E-state index contributed by atoms with van der Waals surface area (Å²) in [6.45, 7) is 0. The molecule has 23 heavy (non-hydrogen) atoms. The Kier molecular flexibility index (Phi) is 4.86. The molecule has 0 unspecified atom stereocenters. The van der Waals surface area contributed by atoms with Crippen LogP contribution >= 0.6 is 23.2 Å². The van der Waals surface area contributed by atoms with Crippen LogP contribution in [-0.2, 0) is 10.1 Å². The second-order valence-corrected chi connectivity index (χ2v) is 6.50. The van der Waals surface area contributed by atoms with Crippen molar-refractivity contribution in [1.82, 2.24) is 0 Å². The first kappa shape index (κ1) is 17.6. The van der Waals surface area contributed by atoms with Gasteiger partial charge in [0, 0.05) is 5.56 Å². The quantitative estimate of drug-likeness (QED) is 0.627. The van der Waals surface area contributed by atoms with Crippen LogP contribution in [-0.4, -0.2) is 31.0 Å². The molecule has 0 aliphatic heterocycles. The number of methoxy groups -OCH3 is 1. The van der Waals surface area contributed by atoms with E-state index in [0.29, 0.717) is 0 Å². The van der Waals surface area contributed by atoms with Gasteiger partial charge in [0.25, 0.3) is 10.1 Å². The van der Waals surface area contributed by atoms with Crippen molar-refractivity contribution in [2.24, 2.45) is 0 Å². The van der Waals surface area contributed by atoms with E-state index in [1.807, 2.05) is 0 Å². The molecule has 122 valence electrons. The minimum atomic E-state index is -4.86. The SMILES string of the molecule is COc1c(Cl)c(O)c(C(=O)c2ccccc2)c(Cl)c1S(=O)(=O)O. The molecular formula is C14H10Cl2O6S. The van der Waals surface area contributed by atoms with E-state index in [-0.39, 0.29) is 5.56 Å². The molecule has 0 aliphatic rings. The van der Waals surface area contributed by atoms with E-state index in [4.69, 9.17) is 27.9 Å². The summed E-state index contributed by atoms with van der Waals surface area (Å²) in [5, 5.41) is 8.89. The van der Waals surface area contributed by atoms with Gasteiger partial charge in [0.1, 0.15) is 5.02 Å². The van der Waals surface area contributed by atoms with Crippen LogP contribution in [0.1, 0.15) is 15.9 Å². The number of carbonyl (C=O) groups is 1. The zero-order valence-corrected chi connectivity index (χ0v) is 13.9. The summed E-state index contributed by atoms with van der Waals surface area (Å²) in [7, 11) is -3.78. The van der Waals surface area contributed by atoms with Gasteiger partial charge in [-0.25, -0.2) is 0 Å². The first-order valence-electron chi connectivity index (χ1n) is 6.05. The predicted octanol–water partition coefficient (Wildman–Crippen LogP) is 3.19. The highest BCUT2D eigenvalue weighted by atomic mass is 35.5. The maximum Gasteiger partial charge on any atom is 0.299 e. The van der Waals surface area contributed by atoms with Crippen molar-refractivity contribution in [3.8, 4) is 11.5 Å². The van der Waals surface area contributed by atoms with Crippen molar-refractivity contribution in [3.63, 3.8) is 0 Å². The first-order valence-corrected chi connectivity index (χ1v) is 8.24. The highest BCUT2D eigenvalue weighted by molar-refractivity contribution is 7.86. The molecule has 0 amide bonds. The summed E-state index contributed by atoms with van der Waals surface area (Å²) in [4.78, 5) is 11.6. The van der Waals surface area contributed by atoms with Crippen molar-refractivity contribution >= 4 is 39.1 Å². The molecule has 2 N–H and O–H groups in total. The molecule has 2 rings (SSSR count). The number of benzene rings is 2. The molecule has 0 heterocycles. The fourth-order valence-electron chi connectivity index (χ4n) is 1.99. The average molecular weight is 377 g/mol. The molecule has 0 radical (unpaired) electrons. The number of aromatic hydroxyl groups is 1. The fourth-order valence-corrected chi connectivity index (χ4v) is 3.61. The maximum absolute atomic E-state index is 12.5. The summed E-state index contributed by atoms with van der Waals surface area (Å²) in [5.41, 5.74) is -0.400. The Hall–Kier alpha value is -1.80. The Morgan fingerprint density at radius 1 is 1.13 bits per heavy atom. The molecule has 0 aliphatic carbocycles. The number of phenolic OH excluding ortho intramolecular Hbond substituents is 1. The minimum absolute atomic E-state index is 0.146. The number of halogens is 2. The normalized spacial score (nSPS) is 11.3. The largest absolute Gasteiger partial charge is 0.505 e. The lowest BCUT2D eigenvalue weighted by Gasteiger charge is -2.15. The summed E-state index contributed by atoms with van der Waals surface area (Å²) < 4.78 is 37.2. The molecular weight excluding hydrogens is 367 g/mol. The van der Waals surface area contributed by atoms with E-state index in [2.05, 4.69) is 0 Å². The van der Waals surface area contributed by atoms with Crippen molar-refractivity contribution in [2.45, 2.75) is 4.90 Å². The average Bonchev–Trinajstić information content (AvgIpc) is 2.50. The molecule has 9 heteroatoms. The van der Waals surface area contributed by atoms with Crippen LogP contribution in [0.15, 0.2) is 35.2 Å². The van der Waals surface area contributed by atoms with Gasteiger partial charge in [-0.2, -0.15) is 8.42 Å². The molecule has 6 nitrogen and oxygen atoms in total. The summed E-state index contributed by atoms with van der Waals surface area (Å²) in [6, 6.07) is 7.72. The number of ether oxygens (including phenoxy) is 1. The van der Waals surface area contributed by atoms with Crippen molar-refractivity contribution in [1.29, 1.82) is 0 Å². The Morgan fingerprint density at radius 2 is 1.70 bits per heavy atom. The maximum atomic E-state index is 12.5. The third-order valence-corrected chi connectivity index (χ3v) is 4.74. The van der Waals surface area contributed by atoms with Gasteiger partial charge in [0.2, 0.25) is 0 Å². The van der Waals surface area contributed by atoms with Crippen LogP contribution in [0.5, 0.6) is 11.5 Å². The van der Waals surface area contributed by atoms with Crippen molar-refractivity contribution in [2.75, 3.05) is 7.11 Å². The topological polar surface area (TPSA) is 101 Å². The number of rotatable bonds is 4. The van der Waals surface area contributed by atoms with Gasteiger partial charge in [0.05, 0.1) is 17.7 Å². The highest BCUT2D eigenvalue weighted by Crippen LogP contribution is 2.47. The Bertz CT molecular complexity index is 878. The smallest absolute Gasteiger partial charge is 0.299 e. The van der Waals surface area contributed by atoms with Crippen LogP contribution in [0, 0.1) is 0 Å². The van der Waals surface area contributed by atoms with Crippen LogP contribution in [0.3, 0.4) is 0 Å². The van der Waals surface area contributed by atoms with Gasteiger partial charge in [-0.3, -0.25) is 9.35 Å². The number of phenols is 1. The Morgan fingerprint density at radius 3 is 2.17 bits per heavy atom. The second kappa shape index (κ2) is 6.37. The summed E-state index contributed by atoms with van der Waals surface area (Å²) in [5.74, 6) is -2.06. The van der Waals surface area contributed by atoms with Gasteiger partial charge in [-0.1, -0.05) is 53.5 Å². The zero-order valence-electron chi connectivity index (χ0n) is 11.6. The lowest BCUT2D eigenvalue weighted by Crippen LogP contribution is -2.10. The third-order valence-electron chi connectivity index (χ3n) is 2.99. The second-order valence-electron chi connectivity index (χ2n) is 4.38. The van der Waals surface area contributed by atoms with Crippen LogP contribution in [0.25, 0.3) is 0 Å². The molecule has 0 aromatic heterocycles. The number of hydrogen-bond donors (Lipinski definition) is 2. The molecule has 2 aromatic rings. The van der Waals surface area contributed by atoms with Crippen molar-refractivity contribution < 1.29 is 27.6 Å².